The van der Waals surface area contributed by atoms with E-state index < -0.39 is 4.92 Å². The summed E-state index contributed by atoms with van der Waals surface area (Å²) < 4.78 is 1.40. The average molecular weight is 244 g/mol. The summed E-state index contributed by atoms with van der Waals surface area (Å²) in [6, 6.07) is 5.97. The van der Waals surface area contributed by atoms with Crippen LogP contribution in [0.4, 0.5) is 11.4 Å². The van der Waals surface area contributed by atoms with Crippen molar-refractivity contribution >= 4 is 11.4 Å². The van der Waals surface area contributed by atoms with Crippen LogP contribution >= 0.6 is 0 Å². The highest BCUT2D eigenvalue weighted by atomic mass is 16.6. The topological polar surface area (TPSA) is 124 Å². The number of anilines is 1. The number of nitrogens with two attached hydrogens (primary N) is 1. The molecule has 0 aliphatic heterocycles. The van der Waals surface area contributed by atoms with Crippen molar-refractivity contribution in [1.82, 2.24) is 14.8 Å². The molecule has 0 aliphatic carbocycles. The standard InChI is InChI=1S/C10H8N6O2/c11-4-10-13-6-15(14-10)5-7-3-8(16(17)18)1-2-9(7)12/h1-3,6H,5,12H2. The number of benzene rings is 1. The van der Waals surface area contributed by atoms with Gasteiger partial charge < -0.3 is 5.73 Å². The number of nitrogens with zero attached hydrogens (tertiary/aromatic N) is 5. The number of hydrogen-bond donors (Lipinski definition) is 1. The van der Waals surface area contributed by atoms with Crippen molar-refractivity contribution < 1.29 is 4.92 Å². The summed E-state index contributed by atoms with van der Waals surface area (Å²) >= 11 is 0. The summed E-state index contributed by atoms with van der Waals surface area (Å²) in [5.41, 5.74) is 6.67. The zero-order valence-corrected chi connectivity index (χ0v) is 9.15. The molecule has 0 fully saturated rings. The summed E-state index contributed by atoms with van der Waals surface area (Å²) in [5, 5.41) is 23.1. The molecule has 0 unspecified atom stereocenters. The second-order valence-electron chi connectivity index (χ2n) is 3.52. The molecule has 0 saturated carbocycles. The van der Waals surface area contributed by atoms with Gasteiger partial charge in [0, 0.05) is 23.4 Å². The summed E-state index contributed by atoms with van der Waals surface area (Å²) in [5.74, 6) is 0.0407. The van der Waals surface area contributed by atoms with Crippen molar-refractivity contribution in [3.63, 3.8) is 0 Å². The predicted molar refractivity (Wildman–Crippen MR) is 61.3 cm³/mol. The number of hydrogen-bond acceptors (Lipinski definition) is 6. The van der Waals surface area contributed by atoms with Crippen molar-refractivity contribution in [2.24, 2.45) is 0 Å². The Balaban J connectivity index is 2.30. The Morgan fingerprint density at radius 3 is 2.94 bits per heavy atom. The quantitative estimate of drug-likeness (QED) is 0.481. The molecule has 2 aromatic rings. The summed E-state index contributed by atoms with van der Waals surface area (Å²) in [6.45, 7) is 0.224. The molecule has 2 rings (SSSR count). The number of nitro groups is 1. The van der Waals surface area contributed by atoms with Crippen LogP contribution in [-0.4, -0.2) is 19.7 Å². The maximum atomic E-state index is 10.7. The molecule has 1 aromatic carbocycles. The van der Waals surface area contributed by atoms with E-state index in [0.29, 0.717) is 11.3 Å². The zero-order chi connectivity index (χ0) is 13.1. The van der Waals surface area contributed by atoms with Crippen LogP contribution in [0.2, 0.25) is 0 Å². The van der Waals surface area contributed by atoms with Crippen molar-refractivity contribution in [2.75, 3.05) is 5.73 Å². The largest absolute Gasteiger partial charge is 0.398 e. The van der Waals surface area contributed by atoms with Crippen LogP contribution in [0.5, 0.6) is 0 Å². The van der Waals surface area contributed by atoms with E-state index in [1.165, 1.54) is 29.2 Å². The lowest BCUT2D eigenvalue weighted by molar-refractivity contribution is -0.384. The third-order valence-electron chi connectivity index (χ3n) is 2.31. The van der Waals surface area contributed by atoms with Crippen molar-refractivity contribution in [3.05, 3.63) is 46.0 Å². The zero-order valence-electron chi connectivity index (χ0n) is 9.15. The highest BCUT2D eigenvalue weighted by molar-refractivity contribution is 5.52. The van der Waals surface area contributed by atoms with Gasteiger partial charge in [-0.2, -0.15) is 5.26 Å². The Kier molecular flexibility index (Phi) is 2.89. The SMILES string of the molecule is N#Cc1ncn(Cc2cc([N+](=O)[O-])ccc2N)n1. The number of nitrogen functional groups attached to an aromatic ring is 1. The fourth-order valence-electron chi connectivity index (χ4n) is 1.44. The van der Waals surface area contributed by atoms with E-state index in [9.17, 15) is 10.1 Å². The monoisotopic (exact) mass is 244 g/mol. The molecular formula is C10H8N6O2. The van der Waals surface area contributed by atoms with Gasteiger partial charge in [0.1, 0.15) is 12.4 Å². The van der Waals surface area contributed by atoms with Crippen LogP contribution in [-0.2, 0) is 6.54 Å². The molecule has 1 aromatic heterocycles. The average Bonchev–Trinajstić information content (AvgIpc) is 2.79. The first kappa shape index (κ1) is 11.5. The van der Waals surface area contributed by atoms with Crippen LogP contribution in [0.3, 0.4) is 0 Å². The molecule has 8 heteroatoms. The minimum atomic E-state index is -0.495. The molecule has 0 saturated heterocycles. The van der Waals surface area contributed by atoms with Gasteiger partial charge in [-0.15, -0.1) is 5.10 Å². The lowest BCUT2D eigenvalue weighted by Crippen LogP contribution is -2.04. The molecular weight excluding hydrogens is 236 g/mol. The highest BCUT2D eigenvalue weighted by Gasteiger charge is 2.10. The molecule has 0 amide bonds. The number of rotatable bonds is 3. The fourth-order valence-corrected chi connectivity index (χ4v) is 1.44. The number of nitriles is 1. The predicted octanol–water partition coefficient (Wildman–Crippen LogP) is 0.688. The molecule has 0 bridgehead atoms. The van der Waals surface area contributed by atoms with Gasteiger partial charge in [-0.05, 0) is 6.07 Å². The van der Waals surface area contributed by atoms with E-state index >= 15 is 0 Å². The Morgan fingerprint density at radius 1 is 1.56 bits per heavy atom. The van der Waals surface area contributed by atoms with Gasteiger partial charge in [0.2, 0.25) is 0 Å². The minimum absolute atomic E-state index is 0.0407. The maximum absolute atomic E-state index is 10.7. The van der Waals surface area contributed by atoms with Crippen LogP contribution in [0.15, 0.2) is 24.5 Å². The van der Waals surface area contributed by atoms with Crippen molar-refractivity contribution in [1.29, 1.82) is 5.26 Å². The van der Waals surface area contributed by atoms with E-state index in [4.69, 9.17) is 11.0 Å². The Bertz CT molecular complexity index is 642. The lowest BCUT2D eigenvalue weighted by atomic mass is 10.1. The Labute approximate surface area is 101 Å². The first-order valence-electron chi connectivity index (χ1n) is 4.92. The van der Waals surface area contributed by atoms with E-state index in [0.717, 1.165) is 0 Å². The van der Waals surface area contributed by atoms with Gasteiger partial charge in [-0.3, -0.25) is 10.1 Å². The first-order valence-corrected chi connectivity index (χ1v) is 4.92. The third kappa shape index (κ3) is 2.25. The van der Waals surface area contributed by atoms with E-state index in [1.807, 2.05) is 0 Å². The van der Waals surface area contributed by atoms with E-state index in [-0.39, 0.29) is 18.1 Å². The summed E-state index contributed by atoms with van der Waals surface area (Å²) in [7, 11) is 0. The maximum Gasteiger partial charge on any atom is 0.269 e. The first-order chi connectivity index (χ1) is 8.60. The molecule has 1 heterocycles. The number of nitro benzene ring substituents is 1. The molecule has 2 N–H and O–H groups in total. The Morgan fingerprint density at radius 2 is 2.33 bits per heavy atom. The fraction of sp³-hybridized carbons (Fsp3) is 0.100. The molecule has 90 valence electrons. The Hall–Kier alpha value is -2.95. The molecule has 0 spiro atoms. The minimum Gasteiger partial charge on any atom is -0.398 e. The van der Waals surface area contributed by atoms with E-state index in [2.05, 4.69) is 10.1 Å². The number of non-ortho nitro benzene ring substituents is 1. The normalized spacial score (nSPS) is 9.94. The third-order valence-corrected chi connectivity index (χ3v) is 2.31. The molecule has 0 radical (unpaired) electrons. The molecule has 18 heavy (non-hydrogen) atoms. The van der Waals surface area contributed by atoms with Crippen LogP contribution in [0, 0.1) is 21.4 Å². The second-order valence-corrected chi connectivity index (χ2v) is 3.52. The van der Waals surface area contributed by atoms with Gasteiger partial charge in [-0.1, -0.05) is 0 Å². The van der Waals surface area contributed by atoms with Gasteiger partial charge in [0.05, 0.1) is 11.5 Å². The van der Waals surface area contributed by atoms with E-state index in [1.54, 1.807) is 6.07 Å². The summed E-state index contributed by atoms with van der Waals surface area (Å²) in [6.07, 6.45) is 1.37. The second kappa shape index (κ2) is 4.50. The molecule has 8 nitrogen and oxygen atoms in total. The van der Waals surface area contributed by atoms with Gasteiger partial charge in [0.15, 0.2) is 0 Å². The van der Waals surface area contributed by atoms with Crippen LogP contribution in [0.1, 0.15) is 11.4 Å². The smallest absolute Gasteiger partial charge is 0.269 e. The molecule has 0 atom stereocenters. The number of aromatic nitrogens is 3. The summed E-state index contributed by atoms with van der Waals surface area (Å²) in [4.78, 5) is 13.9. The van der Waals surface area contributed by atoms with Gasteiger partial charge in [0.25, 0.3) is 11.5 Å². The van der Waals surface area contributed by atoms with Crippen molar-refractivity contribution in [3.8, 4) is 6.07 Å². The van der Waals surface area contributed by atoms with Crippen molar-refractivity contribution in [2.45, 2.75) is 6.54 Å². The highest BCUT2D eigenvalue weighted by Crippen LogP contribution is 2.20. The van der Waals surface area contributed by atoms with Gasteiger partial charge >= 0.3 is 0 Å². The lowest BCUT2D eigenvalue weighted by Gasteiger charge is -2.04. The van der Waals surface area contributed by atoms with Crippen LogP contribution < -0.4 is 5.73 Å². The van der Waals surface area contributed by atoms with Crippen LogP contribution in [0.25, 0.3) is 0 Å². The van der Waals surface area contributed by atoms with Gasteiger partial charge in [-0.25, -0.2) is 9.67 Å². The molecule has 0 aliphatic rings.